The van der Waals surface area contributed by atoms with Crippen molar-refractivity contribution < 1.29 is 4.74 Å². The highest BCUT2D eigenvalue weighted by Gasteiger charge is 2.24. The summed E-state index contributed by atoms with van der Waals surface area (Å²) in [5.74, 6) is 1.77. The molecule has 2 aromatic rings. The molecule has 0 aliphatic carbocycles. The molecular weight excluding hydrogens is 284 g/mol. The first-order valence-corrected chi connectivity index (χ1v) is 8.43. The van der Waals surface area contributed by atoms with Gasteiger partial charge in [0.25, 0.3) is 0 Å². The van der Waals surface area contributed by atoms with Gasteiger partial charge in [0.1, 0.15) is 10.6 Å². The summed E-state index contributed by atoms with van der Waals surface area (Å²) in [6, 6.07) is 2.59. The predicted molar refractivity (Wildman–Crippen MR) is 88.6 cm³/mol. The predicted octanol–water partition coefficient (Wildman–Crippen LogP) is 2.91. The Balaban J connectivity index is 2.10. The van der Waals surface area contributed by atoms with Crippen molar-refractivity contribution in [3.05, 3.63) is 10.9 Å². The first-order valence-electron chi connectivity index (χ1n) is 7.61. The molecular formula is C15H22N4OS. The standard InChI is InChI=1S/C15H22N4OS/c1-4-11-8-12-13(19-6-7-20-9-10(19)3)17-15(16-5-2)18-14(12)21-11/h8,10H,4-7,9H2,1-3H3,(H,16,17,18). The van der Waals surface area contributed by atoms with Crippen molar-refractivity contribution in [1.82, 2.24) is 9.97 Å². The molecule has 1 atom stereocenters. The molecule has 6 heteroatoms. The second-order valence-corrected chi connectivity index (χ2v) is 6.42. The van der Waals surface area contributed by atoms with Crippen LogP contribution in [0.25, 0.3) is 10.2 Å². The van der Waals surface area contributed by atoms with E-state index in [1.165, 1.54) is 10.3 Å². The molecule has 1 fully saturated rings. The second kappa shape index (κ2) is 6.15. The fourth-order valence-corrected chi connectivity index (χ4v) is 3.59. The van der Waals surface area contributed by atoms with Gasteiger partial charge in [0.15, 0.2) is 0 Å². The van der Waals surface area contributed by atoms with Crippen LogP contribution in [0, 0.1) is 0 Å². The molecule has 1 N–H and O–H groups in total. The van der Waals surface area contributed by atoms with Crippen LogP contribution in [0.15, 0.2) is 6.07 Å². The van der Waals surface area contributed by atoms with Crippen molar-refractivity contribution >= 4 is 33.3 Å². The van der Waals surface area contributed by atoms with E-state index >= 15 is 0 Å². The zero-order chi connectivity index (χ0) is 14.8. The van der Waals surface area contributed by atoms with Gasteiger partial charge in [-0.15, -0.1) is 11.3 Å². The lowest BCUT2D eigenvalue weighted by Gasteiger charge is -2.34. The highest BCUT2D eigenvalue weighted by molar-refractivity contribution is 7.18. The molecule has 3 rings (SSSR count). The third-order valence-corrected chi connectivity index (χ3v) is 4.92. The van der Waals surface area contributed by atoms with Crippen LogP contribution in [-0.2, 0) is 11.2 Å². The van der Waals surface area contributed by atoms with Crippen LogP contribution in [-0.4, -0.2) is 42.3 Å². The van der Waals surface area contributed by atoms with Crippen LogP contribution >= 0.6 is 11.3 Å². The molecule has 114 valence electrons. The number of rotatable bonds is 4. The van der Waals surface area contributed by atoms with Gasteiger partial charge in [0.2, 0.25) is 5.95 Å². The minimum atomic E-state index is 0.344. The van der Waals surface area contributed by atoms with E-state index in [1.807, 2.05) is 0 Å². The summed E-state index contributed by atoms with van der Waals surface area (Å²) in [6.45, 7) is 9.67. The van der Waals surface area contributed by atoms with E-state index in [0.717, 1.165) is 49.3 Å². The highest BCUT2D eigenvalue weighted by atomic mass is 32.1. The van der Waals surface area contributed by atoms with Gasteiger partial charge < -0.3 is 15.0 Å². The van der Waals surface area contributed by atoms with Crippen LogP contribution in [0.2, 0.25) is 0 Å². The van der Waals surface area contributed by atoms with E-state index in [9.17, 15) is 0 Å². The van der Waals surface area contributed by atoms with Crippen LogP contribution < -0.4 is 10.2 Å². The van der Waals surface area contributed by atoms with Crippen LogP contribution in [0.3, 0.4) is 0 Å². The largest absolute Gasteiger partial charge is 0.377 e. The molecule has 21 heavy (non-hydrogen) atoms. The van der Waals surface area contributed by atoms with Gasteiger partial charge in [0.05, 0.1) is 24.6 Å². The van der Waals surface area contributed by atoms with Crippen molar-refractivity contribution in [2.75, 3.05) is 36.5 Å². The Morgan fingerprint density at radius 1 is 1.43 bits per heavy atom. The SMILES string of the molecule is CCNc1nc(N2CCOCC2C)c2cc(CC)sc2n1. The number of fused-ring (bicyclic) bond motifs is 1. The van der Waals surface area contributed by atoms with Gasteiger partial charge in [-0.25, -0.2) is 4.98 Å². The average Bonchev–Trinajstić information content (AvgIpc) is 2.90. The molecule has 2 aromatic heterocycles. The van der Waals surface area contributed by atoms with E-state index in [0.29, 0.717) is 6.04 Å². The normalized spacial score (nSPS) is 19.2. The van der Waals surface area contributed by atoms with Gasteiger partial charge in [-0.3, -0.25) is 0 Å². The first-order chi connectivity index (χ1) is 10.2. The van der Waals surface area contributed by atoms with Crippen molar-refractivity contribution in [1.29, 1.82) is 0 Å². The first kappa shape index (κ1) is 14.5. The quantitative estimate of drug-likeness (QED) is 0.941. The molecule has 5 nitrogen and oxygen atoms in total. The molecule has 1 saturated heterocycles. The molecule has 0 saturated carbocycles. The van der Waals surface area contributed by atoms with Crippen LogP contribution in [0.5, 0.6) is 0 Å². The van der Waals surface area contributed by atoms with Crippen molar-refractivity contribution in [3.8, 4) is 0 Å². The number of thiophene rings is 1. The Bertz CT molecular complexity index is 627. The van der Waals surface area contributed by atoms with Crippen LogP contribution in [0.1, 0.15) is 25.6 Å². The average molecular weight is 306 g/mol. The van der Waals surface area contributed by atoms with Gasteiger partial charge in [-0.1, -0.05) is 6.92 Å². The zero-order valence-corrected chi connectivity index (χ0v) is 13.7. The number of nitrogens with zero attached hydrogens (tertiary/aromatic N) is 3. The van der Waals surface area contributed by atoms with Crippen LogP contribution in [0.4, 0.5) is 11.8 Å². The minimum absolute atomic E-state index is 0.344. The molecule has 1 aliphatic heterocycles. The maximum absolute atomic E-state index is 5.55. The molecule has 0 aromatic carbocycles. The summed E-state index contributed by atoms with van der Waals surface area (Å²) in [6.07, 6.45) is 1.04. The van der Waals surface area contributed by atoms with E-state index in [-0.39, 0.29) is 0 Å². The van der Waals surface area contributed by atoms with Crippen molar-refractivity contribution in [2.24, 2.45) is 0 Å². The summed E-state index contributed by atoms with van der Waals surface area (Å²) in [5, 5.41) is 4.42. The summed E-state index contributed by atoms with van der Waals surface area (Å²) < 4.78 is 5.55. The molecule has 0 bridgehead atoms. The highest BCUT2D eigenvalue weighted by Crippen LogP contribution is 2.33. The lowest BCUT2D eigenvalue weighted by Crippen LogP contribution is -2.44. The number of aryl methyl sites for hydroxylation is 1. The Morgan fingerprint density at radius 2 is 2.29 bits per heavy atom. The maximum atomic E-state index is 5.55. The fraction of sp³-hybridized carbons (Fsp3) is 0.600. The number of hydrogen-bond acceptors (Lipinski definition) is 6. The fourth-order valence-electron chi connectivity index (χ4n) is 2.63. The summed E-state index contributed by atoms with van der Waals surface area (Å²) in [5.41, 5.74) is 0. The number of ether oxygens (including phenoxy) is 1. The van der Waals surface area contributed by atoms with Crippen molar-refractivity contribution in [3.63, 3.8) is 0 Å². The zero-order valence-electron chi connectivity index (χ0n) is 12.8. The Kier molecular flexibility index (Phi) is 4.26. The van der Waals surface area contributed by atoms with E-state index in [2.05, 4.69) is 42.0 Å². The third kappa shape index (κ3) is 2.82. The van der Waals surface area contributed by atoms with E-state index in [1.54, 1.807) is 11.3 Å². The molecule has 1 unspecified atom stereocenters. The minimum Gasteiger partial charge on any atom is -0.377 e. The number of hydrogen-bond donors (Lipinski definition) is 1. The number of morpholine rings is 1. The van der Waals surface area contributed by atoms with Gasteiger partial charge >= 0.3 is 0 Å². The Hall–Kier alpha value is -1.40. The smallest absolute Gasteiger partial charge is 0.226 e. The molecule has 0 spiro atoms. The summed E-state index contributed by atoms with van der Waals surface area (Å²) >= 11 is 1.77. The summed E-state index contributed by atoms with van der Waals surface area (Å²) in [4.78, 5) is 14.2. The topological polar surface area (TPSA) is 50.3 Å². The molecule has 1 aliphatic rings. The van der Waals surface area contributed by atoms with Gasteiger partial charge in [0, 0.05) is 18.0 Å². The third-order valence-electron chi connectivity index (χ3n) is 3.75. The van der Waals surface area contributed by atoms with Gasteiger partial charge in [-0.05, 0) is 26.3 Å². The lowest BCUT2D eigenvalue weighted by atomic mass is 10.2. The monoisotopic (exact) mass is 306 g/mol. The van der Waals surface area contributed by atoms with E-state index < -0.39 is 0 Å². The lowest BCUT2D eigenvalue weighted by molar-refractivity contribution is 0.0987. The molecule has 3 heterocycles. The molecule has 0 amide bonds. The maximum Gasteiger partial charge on any atom is 0.226 e. The molecule has 0 radical (unpaired) electrons. The van der Waals surface area contributed by atoms with Crippen molar-refractivity contribution in [2.45, 2.75) is 33.2 Å². The van der Waals surface area contributed by atoms with E-state index in [4.69, 9.17) is 9.72 Å². The second-order valence-electron chi connectivity index (χ2n) is 5.30. The van der Waals surface area contributed by atoms with Gasteiger partial charge in [-0.2, -0.15) is 4.98 Å². The Labute approximate surface area is 129 Å². The summed E-state index contributed by atoms with van der Waals surface area (Å²) in [7, 11) is 0. The number of anilines is 2. The number of aromatic nitrogens is 2. The Morgan fingerprint density at radius 3 is 3.00 bits per heavy atom. The number of nitrogens with one attached hydrogen (secondary N) is 1.